The monoisotopic (exact) mass is 717 g/mol. The van der Waals surface area contributed by atoms with Crippen molar-refractivity contribution in [3.05, 3.63) is 131 Å². The van der Waals surface area contributed by atoms with Crippen LogP contribution in [-0.4, -0.2) is 57.3 Å². The molecule has 8 rings (SSSR count). The molecule has 6 aromatic rings. The van der Waals surface area contributed by atoms with Gasteiger partial charge in [-0.05, 0) is 53.4 Å². The molecular formula is C45H47N7O2. The molecule has 3 N–H and O–H groups in total. The minimum absolute atomic E-state index is 0.357. The number of fused-ring (bicyclic) bond motifs is 2. The normalized spacial score (nSPS) is 13.1. The highest BCUT2D eigenvalue weighted by Gasteiger charge is 2.24. The molecule has 0 spiro atoms. The Kier molecular flexibility index (Phi) is 10.9. The van der Waals surface area contributed by atoms with Crippen molar-refractivity contribution in [1.29, 1.82) is 0 Å². The quantitative estimate of drug-likeness (QED) is 0.150. The number of anilines is 2. The summed E-state index contributed by atoms with van der Waals surface area (Å²) in [6, 6.07) is 33.8. The maximum atomic E-state index is 10.8. The summed E-state index contributed by atoms with van der Waals surface area (Å²) in [5, 5.41) is 14.7. The molecule has 2 aromatic heterocycles. The number of carboxylic acid groups (broad SMARTS) is 1. The fourth-order valence-corrected chi connectivity index (χ4v) is 6.84. The van der Waals surface area contributed by atoms with E-state index in [0.29, 0.717) is 13.1 Å². The van der Waals surface area contributed by atoms with Gasteiger partial charge in [0.05, 0.1) is 34.2 Å². The fourth-order valence-electron chi connectivity index (χ4n) is 6.84. The summed E-state index contributed by atoms with van der Waals surface area (Å²) < 4.78 is 0. The Balaban J connectivity index is 0.000000171. The lowest BCUT2D eigenvalue weighted by Crippen LogP contribution is -2.38. The number of carbonyl (C=O) groups is 1. The van der Waals surface area contributed by atoms with Gasteiger partial charge in [0.25, 0.3) is 0 Å². The zero-order chi connectivity index (χ0) is 37.6. The molecule has 0 saturated carbocycles. The first kappa shape index (κ1) is 36.3. The Labute approximate surface area is 317 Å². The maximum absolute atomic E-state index is 10.8. The van der Waals surface area contributed by atoms with Crippen LogP contribution >= 0.6 is 0 Å². The topological polar surface area (TPSA) is 116 Å². The van der Waals surface area contributed by atoms with E-state index in [1.807, 2.05) is 0 Å². The minimum Gasteiger partial charge on any atom is -0.465 e. The molecule has 54 heavy (non-hydrogen) atoms. The Morgan fingerprint density at radius 2 is 1.04 bits per heavy atom. The smallest absolute Gasteiger partial charge is 0.404 e. The minimum atomic E-state index is -1.01. The zero-order valence-electron chi connectivity index (χ0n) is 31.5. The average molecular weight is 718 g/mol. The lowest BCUT2D eigenvalue weighted by Gasteiger charge is -2.30. The van der Waals surface area contributed by atoms with Crippen molar-refractivity contribution in [1.82, 2.24) is 25.3 Å². The van der Waals surface area contributed by atoms with Gasteiger partial charge in [0.2, 0.25) is 0 Å². The summed E-state index contributed by atoms with van der Waals surface area (Å²) in [5.74, 6) is 1.80. The molecule has 9 nitrogen and oxygen atoms in total. The van der Waals surface area contributed by atoms with Gasteiger partial charge in [-0.2, -0.15) is 0 Å². The molecule has 0 saturated heterocycles. The second kappa shape index (κ2) is 16.3. The van der Waals surface area contributed by atoms with E-state index in [1.165, 1.54) is 22.3 Å². The summed E-state index contributed by atoms with van der Waals surface area (Å²) in [4.78, 5) is 33.0. The Morgan fingerprint density at radius 3 is 1.52 bits per heavy atom. The van der Waals surface area contributed by atoms with Gasteiger partial charge in [0.1, 0.15) is 5.82 Å². The van der Waals surface area contributed by atoms with Gasteiger partial charge in [0.15, 0.2) is 5.82 Å². The fraction of sp³-hybridized carbons (Fsp3) is 0.267. The molecule has 2 aliphatic rings. The highest BCUT2D eigenvalue weighted by Crippen LogP contribution is 2.36. The van der Waals surface area contributed by atoms with Crippen molar-refractivity contribution in [2.24, 2.45) is 0 Å². The van der Waals surface area contributed by atoms with E-state index in [9.17, 15) is 4.79 Å². The van der Waals surface area contributed by atoms with Gasteiger partial charge in [-0.1, -0.05) is 119 Å². The van der Waals surface area contributed by atoms with Crippen LogP contribution in [0.3, 0.4) is 0 Å². The van der Waals surface area contributed by atoms with Gasteiger partial charge in [-0.15, -0.1) is 0 Å². The number of aromatic nitrogens is 4. The molecule has 1 amide bonds. The zero-order valence-corrected chi connectivity index (χ0v) is 31.5. The van der Waals surface area contributed by atoms with Crippen molar-refractivity contribution in [3.63, 3.8) is 0 Å². The third kappa shape index (κ3) is 8.41. The van der Waals surface area contributed by atoms with Crippen molar-refractivity contribution >= 4 is 17.7 Å². The van der Waals surface area contributed by atoms with E-state index in [1.54, 1.807) is 0 Å². The molecule has 0 bridgehead atoms. The Morgan fingerprint density at radius 1 is 0.611 bits per heavy atom. The van der Waals surface area contributed by atoms with Crippen molar-refractivity contribution in [3.8, 4) is 45.0 Å². The number of rotatable bonds is 7. The van der Waals surface area contributed by atoms with Crippen LogP contribution in [0.25, 0.3) is 45.0 Å². The van der Waals surface area contributed by atoms with Gasteiger partial charge in [0, 0.05) is 48.4 Å². The van der Waals surface area contributed by atoms with Crippen molar-refractivity contribution in [2.75, 3.05) is 36.4 Å². The summed E-state index contributed by atoms with van der Waals surface area (Å²) in [7, 11) is 0. The molecule has 2 aliphatic heterocycles. The highest BCUT2D eigenvalue weighted by molar-refractivity contribution is 5.81. The molecule has 9 heteroatoms. The van der Waals surface area contributed by atoms with Crippen LogP contribution in [0.5, 0.6) is 0 Å². The number of benzene rings is 4. The number of nitrogens with one attached hydrogen (secondary N) is 2. The molecule has 274 valence electrons. The van der Waals surface area contributed by atoms with Crippen LogP contribution in [0.1, 0.15) is 46.5 Å². The SMILES string of the molecule is Cc1ccc(-c2nc3c(nc2-c2ccc(C)cc2)N(CCNC(=O)O)CCC3)cc1.Cc1ccc(-c2nc3c(nc2-c2ccc(C)cc2)NCCC3)cc1. The largest absolute Gasteiger partial charge is 0.465 e. The van der Waals surface area contributed by atoms with Gasteiger partial charge >= 0.3 is 6.09 Å². The van der Waals surface area contributed by atoms with E-state index in [-0.39, 0.29) is 0 Å². The van der Waals surface area contributed by atoms with E-state index in [2.05, 4.69) is 140 Å². The molecule has 0 unspecified atom stereocenters. The van der Waals surface area contributed by atoms with Crippen LogP contribution in [0, 0.1) is 27.7 Å². The first-order valence-electron chi connectivity index (χ1n) is 18.8. The third-order valence-corrected chi connectivity index (χ3v) is 9.90. The summed E-state index contributed by atoms with van der Waals surface area (Å²) in [6.07, 6.45) is 2.94. The number of nitrogens with zero attached hydrogens (tertiary/aromatic N) is 5. The van der Waals surface area contributed by atoms with Crippen molar-refractivity contribution < 1.29 is 9.90 Å². The summed E-state index contributed by atoms with van der Waals surface area (Å²) >= 11 is 0. The number of hydrogen-bond acceptors (Lipinski definition) is 7. The van der Waals surface area contributed by atoms with Crippen LogP contribution in [-0.2, 0) is 12.8 Å². The van der Waals surface area contributed by atoms with Crippen LogP contribution in [0.15, 0.2) is 97.1 Å². The number of aryl methyl sites for hydroxylation is 6. The predicted molar refractivity (Wildman–Crippen MR) is 218 cm³/mol. The Hall–Kier alpha value is -6.09. The lowest BCUT2D eigenvalue weighted by molar-refractivity contribution is 0.194. The van der Waals surface area contributed by atoms with Gasteiger partial charge < -0.3 is 20.6 Å². The van der Waals surface area contributed by atoms with Crippen LogP contribution in [0.4, 0.5) is 16.4 Å². The molecule has 0 radical (unpaired) electrons. The molecule has 0 fully saturated rings. The second-order valence-electron chi connectivity index (χ2n) is 14.2. The molecule has 4 heterocycles. The van der Waals surface area contributed by atoms with Gasteiger partial charge in [-0.25, -0.2) is 24.7 Å². The van der Waals surface area contributed by atoms with E-state index < -0.39 is 6.09 Å². The summed E-state index contributed by atoms with van der Waals surface area (Å²) in [5.41, 5.74) is 14.9. The lowest BCUT2D eigenvalue weighted by atomic mass is 10.0. The number of amides is 1. The molecular weight excluding hydrogens is 671 g/mol. The summed E-state index contributed by atoms with van der Waals surface area (Å²) in [6.45, 7) is 11.1. The third-order valence-electron chi connectivity index (χ3n) is 9.90. The second-order valence-corrected chi connectivity index (χ2v) is 14.2. The highest BCUT2D eigenvalue weighted by atomic mass is 16.4. The van der Waals surface area contributed by atoms with Crippen LogP contribution in [0.2, 0.25) is 0 Å². The van der Waals surface area contributed by atoms with Gasteiger partial charge in [-0.3, -0.25) is 0 Å². The standard InChI is InChI=1S/C24H26N4O2.C21H21N3/c1-16-5-9-18(10-6-16)21-22(19-11-7-17(2)8-12-19)27-23-20(26-21)4-3-14-28(23)15-13-25-24(29)30;1-14-5-9-16(10-6-14)19-20(17-11-7-15(2)8-12-17)24-21-18(23-19)4-3-13-22-21/h5-12,25H,3-4,13-15H2,1-2H3,(H,29,30);5-12H,3-4,13H2,1-2H3,(H,22,24). The van der Waals surface area contributed by atoms with Crippen LogP contribution < -0.4 is 15.5 Å². The Bertz CT molecular complexity index is 2160. The first-order valence-corrected chi connectivity index (χ1v) is 18.8. The van der Waals surface area contributed by atoms with E-state index in [0.717, 1.165) is 107 Å². The molecule has 4 aromatic carbocycles. The predicted octanol–water partition coefficient (Wildman–Crippen LogP) is 9.23. The maximum Gasteiger partial charge on any atom is 0.404 e. The molecule has 0 aliphatic carbocycles. The van der Waals surface area contributed by atoms with E-state index >= 15 is 0 Å². The average Bonchev–Trinajstić information content (AvgIpc) is 3.18. The van der Waals surface area contributed by atoms with E-state index in [4.69, 9.17) is 25.0 Å². The number of hydrogen-bond donors (Lipinski definition) is 3. The molecule has 0 atom stereocenters. The van der Waals surface area contributed by atoms with Crippen molar-refractivity contribution in [2.45, 2.75) is 53.4 Å². The first-order chi connectivity index (χ1) is 26.2.